The molecule has 0 amide bonds. The average Bonchev–Trinajstić information content (AvgIpc) is 3.24. The first kappa shape index (κ1) is 60.4. The van der Waals surface area contributed by atoms with E-state index in [-0.39, 0.29) is 31.1 Å². The molecule has 0 aliphatic heterocycles. The lowest BCUT2D eigenvalue weighted by molar-refractivity contribution is -0.167. The van der Waals surface area contributed by atoms with E-state index in [1.54, 1.807) is 0 Å². The van der Waals surface area contributed by atoms with Crippen molar-refractivity contribution in [1.29, 1.82) is 0 Å². The molecule has 0 N–H and O–H groups in total. The number of esters is 3. The lowest BCUT2D eigenvalue weighted by atomic mass is 10.0. The van der Waals surface area contributed by atoms with Gasteiger partial charge in [-0.1, -0.05) is 272 Å². The van der Waals surface area contributed by atoms with E-state index in [9.17, 15) is 14.4 Å². The molecule has 6 heteroatoms. The second-order valence-electron chi connectivity index (χ2n) is 20.2. The van der Waals surface area contributed by atoms with Gasteiger partial charge in [-0.3, -0.25) is 14.4 Å². The molecule has 0 fully saturated rings. The molecular weight excluding hydrogens is 769 g/mol. The monoisotopic (exact) mass is 877 g/mol. The first-order valence-electron chi connectivity index (χ1n) is 27.7. The summed E-state index contributed by atoms with van der Waals surface area (Å²) in [5.41, 5.74) is 0. The van der Waals surface area contributed by atoms with Crippen molar-refractivity contribution in [2.45, 2.75) is 317 Å². The molecule has 0 rings (SSSR count). The lowest BCUT2D eigenvalue weighted by Gasteiger charge is -2.18. The SMILES string of the molecule is CCCCCCCCCCCC(=O)O[C@@H](COC(=O)CCCCCCCCCCCCCCCCCC(C)C)COC(=O)CCCCCCCCCCCCCCCCC(C)C. The van der Waals surface area contributed by atoms with Gasteiger partial charge in [0.2, 0.25) is 0 Å². The molecule has 368 valence electrons. The van der Waals surface area contributed by atoms with Gasteiger partial charge in [-0.2, -0.15) is 0 Å². The van der Waals surface area contributed by atoms with Crippen LogP contribution < -0.4 is 0 Å². The van der Waals surface area contributed by atoms with Gasteiger partial charge in [0.05, 0.1) is 0 Å². The zero-order valence-electron chi connectivity index (χ0n) is 42.5. The van der Waals surface area contributed by atoms with Crippen molar-refractivity contribution in [2.24, 2.45) is 11.8 Å². The summed E-state index contributed by atoms with van der Waals surface area (Å²) in [6, 6.07) is 0. The van der Waals surface area contributed by atoms with E-state index in [0.717, 1.165) is 69.6 Å². The molecule has 0 aliphatic carbocycles. The molecule has 0 unspecified atom stereocenters. The molecule has 0 aliphatic rings. The Morgan fingerprint density at radius 3 is 0.790 bits per heavy atom. The molecule has 0 saturated carbocycles. The van der Waals surface area contributed by atoms with Crippen molar-refractivity contribution in [1.82, 2.24) is 0 Å². The Hall–Kier alpha value is -1.59. The number of carbonyl (C=O) groups excluding carboxylic acids is 3. The Labute approximate surface area is 387 Å². The van der Waals surface area contributed by atoms with Crippen LogP contribution >= 0.6 is 0 Å². The smallest absolute Gasteiger partial charge is 0.306 e. The van der Waals surface area contributed by atoms with Crippen LogP contribution in [0.3, 0.4) is 0 Å². The molecule has 0 saturated heterocycles. The van der Waals surface area contributed by atoms with Crippen molar-refractivity contribution in [3.8, 4) is 0 Å². The highest BCUT2D eigenvalue weighted by molar-refractivity contribution is 5.71. The van der Waals surface area contributed by atoms with Crippen molar-refractivity contribution in [3.63, 3.8) is 0 Å². The molecule has 0 aromatic heterocycles. The molecule has 0 bridgehead atoms. The van der Waals surface area contributed by atoms with E-state index in [2.05, 4.69) is 34.6 Å². The second-order valence-corrected chi connectivity index (χ2v) is 20.2. The van der Waals surface area contributed by atoms with Crippen molar-refractivity contribution in [3.05, 3.63) is 0 Å². The molecule has 0 heterocycles. The minimum atomic E-state index is -0.761. The van der Waals surface area contributed by atoms with Crippen LogP contribution in [0, 0.1) is 11.8 Å². The standard InChI is InChI=1S/C56H108O6/c1-6-7-8-9-10-24-33-38-43-48-56(59)62-53(50-61-55(58)47-42-37-32-28-23-19-15-14-17-21-26-30-35-40-45-52(4)5)49-60-54(57)46-41-36-31-27-22-18-13-11-12-16-20-25-29-34-39-44-51(2)3/h51-53H,6-50H2,1-5H3/t53-/m0/s1. The Kier molecular flexibility index (Phi) is 47.6. The quantitative estimate of drug-likeness (QED) is 0.0344. The predicted octanol–water partition coefficient (Wildman–Crippen LogP) is 18.1. The second kappa shape index (κ2) is 48.9. The Morgan fingerprint density at radius 1 is 0.306 bits per heavy atom. The van der Waals surface area contributed by atoms with Gasteiger partial charge in [-0.15, -0.1) is 0 Å². The summed E-state index contributed by atoms with van der Waals surface area (Å²) >= 11 is 0. The summed E-state index contributed by atoms with van der Waals surface area (Å²) in [6.45, 7) is 11.4. The van der Waals surface area contributed by atoms with Gasteiger partial charge in [0.25, 0.3) is 0 Å². The van der Waals surface area contributed by atoms with E-state index in [1.165, 1.54) is 199 Å². The fourth-order valence-corrected chi connectivity index (χ4v) is 8.52. The third-order valence-corrected chi connectivity index (χ3v) is 12.7. The molecular formula is C56H108O6. The Bertz CT molecular complexity index is 947. The van der Waals surface area contributed by atoms with Crippen molar-refractivity contribution >= 4 is 17.9 Å². The summed E-state index contributed by atoms with van der Waals surface area (Å²) in [6.07, 6.45) is 51.0. The van der Waals surface area contributed by atoms with Crippen LogP contribution in [0.4, 0.5) is 0 Å². The summed E-state index contributed by atoms with van der Waals surface area (Å²) in [5.74, 6) is 0.849. The van der Waals surface area contributed by atoms with Gasteiger partial charge in [0.15, 0.2) is 6.10 Å². The number of unbranched alkanes of at least 4 members (excludes halogenated alkanes) is 35. The largest absolute Gasteiger partial charge is 0.462 e. The maximum absolute atomic E-state index is 12.7. The van der Waals surface area contributed by atoms with E-state index in [0.29, 0.717) is 19.3 Å². The van der Waals surface area contributed by atoms with E-state index in [4.69, 9.17) is 14.2 Å². The van der Waals surface area contributed by atoms with Gasteiger partial charge in [-0.25, -0.2) is 0 Å². The number of rotatable bonds is 50. The fourth-order valence-electron chi connectivity index (χ4n) is 8.52. The van der Waals surface area contributed by atoms with Gasteiger partial charge in [-0.05, 0) is 31.1 Å². The first-order chi connectivity index (χ1) is 30.2. The third kappa shape index (κ3) is 49.4. The molecule has 0 aromatic carbocycles. The van der Waals surface area contributed by atoms with Crippen LogP contribution in [0.25, 0.3) is 0 Å². The van der Waals surface area contributed by atoms with Gasteiger partial charge in [0.1, 0.15) is 13.2 Å². The van der Waals surface area contributed by atoms with Gasteiger partial charge < -0.3 is 14.2 Å². The summed E-state index contributed by atoms with van der Waals surface area (Å²) in [4.78, 5) is 38.0. The molecule has 0 aromatic rings. The molecule has 6 nitrogen and oxygen atoms in total. The first-order valence-corrected chi connectivity index (χ1v) is 27.7. The van der Waals surface area contributed by atoms with Gasteiger partial charge in [0, 0.05) is 19.3 Å². The molecule has 1 atom stereocenters. The lowest BCUT2D eigenvalue weighted by Crippen LogP contribution is -2.30. The predicted molar refractivity (Wildman–Crippen MR) is 266 cm³/mol. The maximum Gasteiger partial charge on any atom is 0.306 e. The molecule has 0 radical (unpaired) electrons. The third-order valence-electron chi connectivity index (χ3n) is 12.7. The number of carbonyl (C=O) groups is 3. The van der Waals surface area contributed by atoms with Crippen LogP contribution in [-0.2, 0) is 28.6 Å². The number of hydrogen-bond donors (Lipinski definition) is 0. The maximum atomic E-state index is 12.7. The summed E-state index contributed by atoms with van der Waals surface area (Å²) in [5, 5.41) is 0. The Morgan fingerprint density at radius 2 is 0.532 bits per heavy atom. The highest BCUT2D eigenvalue weighted by Gasteiger charge is 2.19. The summed E-state index contributed by atoms with van der Waals surface area (Å²) < 4.78 is 16.8. The normalized spacial score (nSPS) is 12.0. The topological polar surface area (TPSA) is 78.9 Å². The molecule has 62 heavy (non-hydrogen) atoms. The Balaban J connectivity index is 4.20. The zero-order valence-corrected chi connectivity index (χ0v) is 42.5. The van der Waals surface area contributed by atoms with E-state index >= 15 is 0 Å². The van der Waals surface area contributed by atoms with E-state index < -0.39 is 6.10 Å². The fraction of sp³-hybridized carbons (Fsp3) is 0.946. The van der Waals surface area contributed by atoms with Crippen LogP contribution in [0.15, 0.2) is 0 Å². The average molecular weight is 877 g/mol. The van der Waals surface area contributed by atoms with Crippen LogP contribution in [0.1, 0.15) is 311 Å². The van der Waals surface area contributed by atoms with Crippen LogP contribution in [-0.4, -0.2) is 37.2 Å². The number of ether oxygens (including phenoxy) is 3. The minimum Gasteiger partial charge on any atom is -0.462 e. The van der Waals surface area contributed by atoms with Crippen molar-refractivity contribution in [2.75, 3.05) is 13.2 Å². The number of hydrogen-bond acceptors (Lipinski definition) is 6. The van der Waals surface area contributed by atoms with Crippen molar-refractivity contribution < 1.29 is 28.6 Å². The molecule has 0 spiro atoms. The van der Waals surface area contributed by atoms with E-state index in [1.807, 2.05) is 0 Å². The highest BCUT2D eigenvalue weighted by Crippen LogP contribution is 2.18. The minimum absolute atomic E-state index is 0.0631. The zero-order chi connectivity index (χ0) is 45.4. The van der Waals surface area contributed by atoms with Crippen LogP contribution in [0.2, 0.25) is 0 Å². The van der Waals surface area contributed by atoms with Crippen LogP contribution in [0.5, 0.6) is 0 Å². The highest BCUT2D eigenvalue weighted by atomic mass is 16.6. The van der Waals surface area contributed by atoms with Gasteiger partial charge >= 0.3 is 17.9 Å². The summed E-state index contributed by atoms with van der Waals surface area (Å²) in [7, 11) is 0.